The maximum absolute atomic E-state index is 13.7. The Kier molecular flexibility index (Phi) is 11.5. The number of aryl methyl sites for hydroxylation is 1. The number of aliphatic hydroxyl groups excluding tert-OH is 1. The van der Waals surface area contributed by atoms with Crippen LogP contribution in [0, 0.1) is 0 Å². The Morgan fingerprint density at radius 1 is 1.04 bits per heavy atom. The number of rotatable bonds is 14. The Morgan fingerprint density at radius 2 is 1.77 bits per heavy atom. The summed E-state index contributed by atoms with van der Waals surface area (Å²) in [5, 5.41) is 10.9. The fourth-order valence-electron chi connectivity index (χ4n) is 5.92. The van der Waals surface area contributed by atoms with E-state index in [-0.39, 0.29) is 30.1 Å². The standard InChI is InChI=1S/C35H38F3NO7S/c1-3-28(26-13-9-12-25(20-26)23-47(43,44)30-16-15-27(22-39-30)35(36,37)38)32-29(40)21-34(46-33(32)42,18-8-7-14-31(41)45-2)19-17-24-10-5-4-6-11-24/h4-6,9-13,15-16,20,22,28,40H,3,7-8,14,17-19,21,23H2,1-2H3/t28-,34-/m1/s1. The molecule has 1 aliphatic heterocycles. The van der Waals surface area contributed by atoms with Crippen molar-refractivity contribution in [3.8, 4) is 0 Å². The van der Waals surface area contributed by atoms with Gasteiger partial charge >= 0.3 is 18.1 Å². The number of aliphatic hydroxyl groups is 1. The van der Waals surface area contributed by atoms with E-state index in [1.54, 1.807) is 24.3 Å². The van der Waals surface area contributed by atoms with Gasteiger partial charge in [0.05, 0.1) is 24.0 Å². The van der Waals surface area contributed by atoms with Crippen LogP contribution in [-0.4, -0.2) is 43.2 Å². The van der Waals surface area contributed by atoms with Gasteiger partial charge in [0.1, 0.15) is 11.4 Å². The topological polar surface area (TPSA) is 120 Å². The number of carbonyl (C=O) groups excluding carboxylic acids is 2. The van der Waals surface area contributed by atoms with Crippen molar-refractivity contribution in [2.75, 3.05) is 7.11 Å². The number of methoxy groups -OCH3 is 1. The van der Waals surface area contributed by atoms with Crippen LogP contribution in [0.15, 0.2) is 89.3 Å². The summed E-state index contributed by atoms with van der Waals surface area (Å²) >= 11 is 0. The largest absolute Gasteiger partial charge is 0.512 e. The third-order valence-electron chi connectivity index (χ3n) is 8.38. The molecule has 0 saturated heterocycles. The SMILES string of the molecule is CC[C@@H](C1=C(O)C[C@@](CCCCC(=O)OC)(CCc2ccccc2)OC1=O)c1cccc(CS(=O)(=O)c2ccc(C(F)(F)F)cn2)c1. The second-order valence-corrected chi connectivity index (χ2v) is 13.7. The van der Waals surface area contributed by atoms with E-state index in [0.29, 0.717) is 61.9 Å². The van der Waals surface area contributed by atoms with Gasteiger partial charge in [-0.3, -0.25) is 4.79 Å². The summed E-state index contributed by atoms with van der Waals surface area (Å²) in [7, 11) is -2.77. The molecule has 1 aliphatic rings. The molecule has 0 unspecified atom stereocenters. The third kappa shape index (κ3) is 9.21. The van der Waals surface area contributed by atoms with Crippen LogP contribution in [0.3, 0.4) is 0 Å². The molecule has 0 radical (unpaired) electrons. The number of nitrogens with zero attached hydrogens (tertiary/aromatic N) is 1. The van der Waals surface area contributed by atoms with Crippen molar-refractivity contribution in [1.29, 1.82) is 0 Å². The molecule has 12 heteroatoms. The zero-order valence-corrected chi connectivity index (χ0v) is 27.1. The summed E-state index contributed by atoms with van der Waals surface area (Å²) in [4.78, 5) is 28.9. The predicted molar refractivity (Wildman–Crippen MR) is 168 cm³/mol. The van der Waals surface area contributed by atoms with Crippen molar-refractivity contribution < 1.29 is 45.8 Å². The number of cyclic esters (lactones) is 1. The maximum atomic E-state index is 13.7. The monoisotopic (exact) mass is 673 g/mol. The number of ether oxygens (including phenoxy) is 2. The smallest absolute Gasteiger partial charge is 0.417 e. The molecule has 8 nitrogen and oxygen atoms in total. The fourth-order valence-corrected chi connectivity index (χ4v) is 7.17. The Morgan fingerprint density at radius 3 is 2.38 bits per heavy atom. The van der Waals surface area contributed by atoms with Crippen LogP contribution < -0.4 is 0 Å². The first-order valence-corrected chi connectivity index (χ1v) is 17.0. The molecule has 0 spiro atoms. The highest BCUT2D eigenvalue weighted by molar-refractivity contribution is 7.90. The van der Waals surface area contributed by atoms with Gasteiger partial charge in [0.25, 0.3) is 0 Å². The highest BCUT2D eigenvalue weighted by Crippen LogP contribution is 2.42. The Hall–Kier alpha value is -4.19. The number of benzene rings is 2. The molecule has 47 heavy (non-hydrogen) atoms. The maximum Gasteiger partial charge on any atom is 0.417 e. The molecule has 252 valence electrons. The van der Waals surface area contributed by atoms with Crippen LogP contribution in [0.25, 0.3) is 0 Å². The predicted octanol–water partition coefficient (Wildman–Crippen LogP) is 7.43. The molecule has 1 N–H and O–H groups in total. The number of hydrogen-bond donors (Lipinski definition) is 1. The van der Waals surface area contributed by atoms with Crippen LogP contribution in [0.5, 0.6) is 0 Å². The first-order valence-electron chi connectivity index (χ1n) is 15.4. The van der Waals surface area contributed by atoms with Gasteiger partial charge in [0.2, 0.25) is 0 Å². The average Bonchev–Trinajstić information content (AvgIpc) is 3.04. The molecule has 0 fully saturated rings. The van der Waals surface area contributed by atoms with E-state index < -0.39 is 49.8 Å². The number of sulfone groups is 1. The number of hydrogen-bond acceptors (Lipinski definition) is 8. The van der Waals surface area contributed by atoms with Crippen molar-refractivity contribution in [2.45, 2.75) is 86.8 Å². The lowest BCUT2D eigenvalue weighted by atomic mass is 9.79. The van der Waals surface area contributed by atoms with Crippen LogP contribution in [0.4, 0.5) is 13.2 Å². The number of halogens is 3. The number of unbranched alkanes of at least 4 members (excludes halogenated alkanes) is 1. The molecule has 1 aromatic heterocycles. The summed E-state index contributed by atoms with van der Waals surface area (Å²) in [5.74, 6) is -2.22. The highest BCUT2D eigenvalue weighted by Gasteiger charge is 2.43. The number of pyridine rings is 1. The average molecular weight is 674 g/mol. The molecule has 4 rings (SSSR count). The van der Waals surface area contributed by atoms with Gasteiger partial charge in [-0.1, -0.05) is 61.5 Å². The van der Waals surface area contributed by atoms with E-state index in [2.05, 4.69) is 4.98 Å². The van der Waals surface area contributed by atoms with Gasteiger partial charge < -0.3 is 14.6 Å². The lowest BCUT2D eigenvalue weighted by Gasteiger charge is -2.39. The van der Waals surface area contributed by atoms with Crippen molar-refractivity contribution in [2.24, 2.45) is 0 Å². The number of carbonyl (C=O) groups is 2. The molecule has 0 saturated carbocycles. The molecule has 0 amide bonds. The molecular formula is C35H38F3NO7S. The first-order chi connectivity index (χ1) is 22.3. The van der Waals surface area contributed by atoms with E-state index in [1.807, 2.05) is 37.3 Å². The van der Waals surface area contributed by atoms with E-state index in [1.165, 1.54) is 7.11 Å². The van der Waals surface area contributed by atoms with E-state index in [0.717, 1.165) is 11.6 Å². The lowest BCUT2D eigenvalue weighted by molar-refractivity contribution is -0.161. The summed E-state index contributed by atoms with van der Waals surface area (Å²) in [6, 6.07) is 17.7. The molecule has 2 atom stereocenters. The van der Waals surface area contributed by atoms with Crippen molar-refractivity contribution in [3.05, 3.63) is 107 Å². The minimum Gasteiger partial charge on any atom is -0.512 e. The summed E-state index contributed by atoms with van der Waals surface area (Å²) in [5.41, 5.74) is 0.0309. The molecular weight excluding hydrogens is 635 g/mol. The Labute approximate surface area is 272 Å². The van der Waals surface area contributed by atoms with Crippen molar-refractivity contribution in [1.82, 2.24) is 4.98 Å². The number of aromatic nitrogens is 1. The Bertz CT molecular complexity index is 1690. The van der Waals surface area contributed by atoms with Gasteiger partial charge in [-0.05, 0) is 67.3 Å². The van der Waals surface area contributed by atoms with Crippen molar-refractivity contribution >= 4 is 21.8 Å². The van der Waals surface area contributed by atoms with E-state index in [9.17, 15) is 36.3 Å². The fraction of sp³-hybridized carbons (Fsp3) is 0.400. The van der Waals surface area contributed by atoms with Gasteiger partial charge in [-0.25, -0.2) is 18.2 Å². The normalized spacial score (nSPS) is 17.7. The second kappa shape index (κ2) is 15.1. The summed E-state index contributed by atoms with van der Waals surface area (Å²) in [6.07, 6.45) is -0.858. The molecule has 2 heterocycles. The zero-order valence-electron chi connectivity index (χ0n) is 26.3. The zero-order chi connectivity index (χ0) is 34.2. The van der Waals surface area contributed by atoms with E-state index >= 15 is 0 Å². The Balaban J connectivity index is 1.56. The van der Waals surface area contributed by atoms with Gasteiger partial charge in [-0.15, -0.1) is 0 Å². The van der Waals surface area contributed by atoms with Gasteiger partial charge in [-0.2, -0.15) is 13.2 Å². The van der Waals surface area contributed by atoms with Crippen LogP contribution in [0.1, 0.15) is 80.0 Å². The molecule has 0 bridgehead atoms. The molecule has 0 aliphatic carbocycles. The summed E-state index contributed by atoms with van der Waals surface area (Å²) in [6.45, 7) is 1.83. The van der Waals surface area contributed by atoms with Crippen LogP contribution >= 0.6 is 0 Å². The summed E-state index contributed by atoms with van der Waals surface area (Å²) < 4.78 is 75.7. The number of esters is 2. The molecule has 2 aromatic carbocycles. The van der Waals surface area contributed by atoms with Crippen LogP contribution in [-0.2, 0) is 47.3 Å². The van der Waals surface area contributed by atoms with Crippen molar-refractivity contribution in [3.63, 3.8) is 0 Å². The minimum atomic E-state index is -4.65. The molecule has 3 aromatic rings. The van der Waals surface area contributed by atoms with E-state index in [4.69, 9.17) is 9.47 Å². The highest BCUT2D eigenvalue weighted by atomic mass is 32.2. The second-order valence-electron chi connectivity index (χ2n) is 11.7. The quantitative estimate of drug-likeness (QED) is 0.139. The third-order valence-corrected chi connectivity index (χ3v) is 9.97. The van der Waals surface area contributed by atoms with Crippen LogP contribution in [0.2, 0.25) is 0 Å². The first kappa shape index (κ1) is 35.7. The van der Waals surface area contributed by atoms with Gasteiger partial charge in [0.15, 0.2) is 14.9 Å². The minimum absolute atomic E-state index is 0.0866. The lowest BCUT2D eigenvalue weighted by Crippen LogP contribution is -2.41. The van der Waals surface area contributed by atoms with Gasteiger partial charge in [0, 0.05) is 25.0 Å². The number of alkyl halides is 3.